The summed E-state index contributed by atoms with van der Waals surface area (Å²) in [4.78, 5) is 23.3. The minimum atomic E-state index is -0.149. The van der Waals surface area contributed by atoms with Crippen molar-refractivity contribution in [1.82, 2.24) is 15.0 Å². The second-order valence-electron chi connectivity index (χ2n) is 4.27. The molecule has 5 heteroatoms. The number of amides is 1. The van der Waals surface area contributed by atoms with Crippen LogP contribution >= 0.6 is 0 Å². The van der Waals surface area contributed by atoms with Gasteiger partial charge in [-0.3, -0.25) is 9.78 Å². The molecule has 5 nitrogen and oxygen atoms in total. The van der Waals surface area contributed by atoms with Crippen LogP contribution in [0.2, 0.25) is 0 Å². The summed E-state index contributed by atoms with van der Waals surface area (Å²) in [5.41, 5.74) is 3.91. The summed E-state index contributed by atoms with van der Waals surface area (Å²) in [5, 5.41) is 2.85. The molecule has 0 saturated heterocycles. The molecule has 2 heterocycles. The zero-order chi connectivity index (χ0) is 13.2. The smallest absolute Gasteiger partial charge is 0.255 e. The van der Waals surface area contributed by atoms with Crippen LogP contribution in [0, 0.1) is 6.92 Å². The first kappa shape index (κ1) is 11.4. The Morgan fingerprint density at radius 3 is 2.95 bits per heavy atom. The first-order valence-electron chi connectivity index (χ1n) is 5.89. The van der Waals surface area contributed by atoms with Crippen LogP contribution in [0.1, 0.15) is 16.1 Å². The van der Waals surface area contributed by atoms with Gasteiger partial charge in [0, 0.05) is 23.1 Å². The summed E-state index contributed by atoms with van der Waals surface area (Å²) in [6.07, 6.45) is 3.25. The number of hydrogen-bond acceptors (Lipinski definition) is 3. The molecule has 0 atom stereocenters. The number of aryl methyl sites for hydroxylation is 1. The van der Waals surface area contributed by atoms with E-state index in [2.05, 4.69) is 20.3 Å². The van der Waals surface area contributed by atoms with Crippen LogP contribution in [0.15, 0.2) is 42.9 Å². The Labute approximate surface area is 109 Å². The summed E-state index contributed by atoms with van der Waals surface area (Å²) in [7, 11) is 0. The standard InChI is InChI=1S/C14H12N4O/c1-9-6-10(4-5-15-9)14(19)18-11-2-3-12-13(7-11)17-8-16-12/h2-8H,1H3,(H,16,17)(H,18,19). The number of imidazole rings is 1. The number of rotatable bonds is 2. The van der Waals surface area contributed by atoms with Gasteiger partial charge in [0.1, 0.15) is 0 Å². The lowest BCUT2D eigenvalue weighted by molar-refractivity contribution is 0.102. The second kappa shape index (κ2) is 4.53. The van der Waals surface area contributed by atoms with E-state index in [1.165, 1.54) is 0 Å². The average Bonchev–Trinajstić information content (AvgIpc) is 2.86. The molecule has 94 valence electrons. The minimum absolute atomic E-state index is 0.149. The van der Waals surface area contributed by atoms with Crippen LogP contribution in [0.5, 0.6) is 0 Å². The Morgan fingerprint density at radius 2 is 2.11 bits per heavy atom. The van der Waals surface area contributed by atoms with Gasteiger partial charge in [-0.15, -0.1) is 0 Å². The summed E-state index contributed by atoms with van der Waals surface area (Å²) in [6, 6.07) is 8.99. The first-order valence-corrected chi connectivity index (χ1v) is 5.89. The van der Waals surface area contributed by atoms with Gasteiger partial charge >= 0.3 is 0 Å². The highest BCUT2D eigenvalue weighted by Gasteiger charge is 2.07. The topological polar surface area (TPSA) is 70.7 Å². The van der Waals surface area contributed by atoms with Crippen molar-refractivity contribution in [3.8, 4) is 0 Å². The molecule has 0 spiro atoms. The van der Waals surface area contributed by atoms with Crippen LogP contribution in [0.4, 0.5) is 5.69 Å². The maximum absolute atomic E-state index is 12.1. The SMILES string of the molecule is Cc1cc(C(=O)Nc2ccc3nc[nH]c3c2)ccn1. The van der Waals surface area contributed by atoms with Crippen LogP contribution in [0.3, 0.4) is 0 Å². The largest absolute Gasteiger partial charge is 0.345 e. The molecular weight excluding hydrogens is 240 g/mol. The predicted octanol–water partition coefficient (Wildman–Crippen LogP) is 2.52. The molecular formula is C14H12N4O. The van der Waals surface area contributed by atoms with Gasteiger partial charge in [0.05, 0.1) is 17.4 Å². The van der Waals surface area contributed by atoms with E-state index in [0.29, 0.717) is 5.56 Å². The van der Waals surface area contributed by atoms with Crippen molar-refractivity contribution in [1.29, 1.82) is 0 Å². The van der Waals surface area contributed by atoms with Crippen molar-refractivity contribution in [2.45, 2.75) is 6.92 Å². The molecule has 0 unspecified atom stereocenters. The van der Waals surface area contributed by atoms with Gasteiger partial charge in [-0.2, -0.15) is 0 Å². The Morgan fingerprint density at radius 1 is 1.21 bits per heavy atom. The molecule has 0 aliphatic rings. The molecule has 3 rings (SSSR count). The lowest BCUT2D eigenvalue weighted by Gasteiger charge is -2.05. The van der Waals surface area contributed by atoms with Crippen molar-refractivity contribution >= 4 is 22.6 Å². The molecule has 1 amide bonds. The Balaban J connectivity index is 1.86. The number of nitrogens with zero attached hydrogens (tertiary/aromatic N) is 2. The number of H-pyrrole nitrogens is 1. The van der Waals surface area contributed by atoms with Gasteiger partial charge in [-0.25, -0.2) is 4.98 Å². The number of fused-ring (bicyclic) bond motifs is 1. The monoisotopic (exact) mass is 252 g/mol. The molecule has 0 aliphatic carbocycles. The number of carbonyl (C=O) groups excluding carboxylic acids is 1. The summed E-state index contributed by atoms with van der Waals surface area (Å²) < 4.78 is 0. The highest BCUT2D eigenvalue weighted by molar-refractivity contribution is 6.04. The fourth-order valence-electron chi connectivity index (χ4n) is 1.90. The quantitative estimate of drug-likeness (QED) is 0.736. The molecule has 0 bridgehead atoms. The predicted molar refractivity (Wildman–Crippen MR) is 73.0 cm³/mol. The Kier molecular flexibility index (Phi) is 2.72. The Bertz CT molecular complexity index is 748. The zero-order valence-electron chi connectivity index (χ0n) is 10.3. The number of nitrogens with one attached hydrogen (secondary N) is 2. The molecule has 0 aliphatic heterocycles. The Hall–Kier alpha value is -2.69. The maximum atomic E-state index is 12.1. The van der Waals surface area contributed by atoms with Gasteiger partial charge in [-0.05, 0) is 37.3 Å². The fourth-order valence-corrected chi connectivity index (χ4v) is 1.90. The number of carbonyl (C=O) groups is 1. The highest BCUT2D eigenvalue weighted by atomic mass is 16.1. The van der Waals surface area contributed by atoms with E-state index < -0.39 is 0 Å². The summed E-state index contributed by atoms with van der Waals surface area (Å²) in [5.74, 6) is -0.149. The summed E-state index contributed by atoms with van der Waals surface area (Å²) >= 11 is 0. The van der Waals surface area contributed by atoms with E-state index in [1.54, 1.807) is 24.7 Å². The van der Waals surface area contributed by atoms with Gasteiger partial charge in [0.25, 0.3) is 5.91 Å². The van der Waals surface area contributed by atoms with Gasteiger partial charge in [-0.1, -0.05) is 0 Å². The van der Waals surface area contributed by atoms with E-state index >= 15 is 0 Å². The number of hydrogen-bond donors (Lipinski definition) is 2. The van der Waals surface area contributed by atoms with Crippen LogP contribution in [-0.2, 0) is 0 Å². The van der Waals surface area contributed by atoms with Crippen molar-refractivity contribution in [2.75, 3.05) is 5.32 Å². The van der Waals surface area contributed by atoms with E-state index in [-0.39, 0.29) is 5.91 Å². The third-order valence-electron chi connectivity index (χ3n) is 2.84. The number of pyridine rings is 1. The lowest BCUT2D eigenvalue weighted by atomic mass is 10.2. The number of anilines is 1. The molecule has 0 fully saturated rings. The van der Waals surface area contributed by atoms with Crippen molar-refractivity contribution in [3.63, 3.8) is 0 Å². The lowest BCUT2D eigenvalue weighted by Crippen LogP contribution is -2.12. The average molecular weight is 252 g/mol. The molecule has 3 aromatic rings. The molecule has 19 heavy (non-hydrogen) atoms. The molecule has 0 radical (unpaired) electrons. The van der Waals surface area contributed by atoms with E-state index in [4.69, 9.17) is 0 Å². The first-order chi connectivity index (χ1) is 9.22. The zero-order valence-corrected chi connectivity index (χ0v) is 10.3. The van der Waals surface area contributed by atoms with E-state index in [1.807, 2.05) is 25.1 Å². The molecule has 2 N–H and O–H groups in total. The van der Waals surface area contributed by atoms with Crippen LogP contribution in [0.25, 0.3) is 11.0 Å². The number of aromatic amines is 1. The fraction of sp³-hybridized carbons (Fsp3) is 0.0714. The van der Waals surface area contributed by atoms with Crippen molar-refractivity contribution < 1.29 is 4.79 Å². The van der Waals surface area contributed by atoms with Crippen LogP contribution in [-0.4, -0.2) is 20.9 Å². The number of aromatic nitrogens is 3. The molecule has 1 aromatic carbocycles. The van der Waals surface area contributed by atoms with Crippen molar-refractivity contribution in [3.05, 3.63) is 54.1 Å². The molecule has 0 saturated carbocycles. The maximum Gasteiger partial charge on any atom is 0.255 e. The normalized spacial score (nSPS) is 10.6. The summed E-state index contributed by atoms with van der Waals surface area (Å²) in [6.45, 7) is 1.85. The van der Waals surface area contributed by atoms with Gasteiger partial charge in [0.2, 0.25) is 0 Å². The molecule has 2 aromatic heterocycles. The van der Waals surface area contributed by atoms with E-state index in [0.717, 1.165) is 22.4 Å². The highest BCUT2D eigenvalue weighted by Crippen LogP contribution is 2.16. The van der Waals surface area contributed by atoms with E-state index in [9.17, 15) is 4.79 Å². The third kappa shape index (κ3) is 2.30. The van der Waals surface area contributed by atoms with Crippen molar-refractivity contribution in [2.24, 2.45) is 0 Å². The second-order valence-corrected chi connectivity index (χ2v) is 4.27. The minimum Gasteiger partial charge on any atom is -0.345 e. The van der Waals surface area contributed by atoms with Gasteiger partial charge in [0.15, 0.2) is 0 Å². The number of benzene rings is 1. The van der Waals surface area contributed by atoms with Crippen LogP contribution < -0.4 is 5.32 Å². The van der Waals surface area contributed by atoms with Gasteiger partial charge < -0.3 is 10.3 Å². The third-order valence-corrected chi connectivity index (χ3v) is 2.84.